The van der Waals surface area contributed by atoms with E-state index < -0.39 is 0 Å². The zero-order valence-electron chi connectivity index (χ0n) is 16.7. The summed E-state index contributed by atoms with van der Waals surface area (Å²) in [5, 5.41) is 7.17. The molecule has 150 valence electrons. The van der Waals surface area contributed by atoms with Crippen molar-refractivity contribution in [2.24, 2.45) is 0 Å². The number of rotatable bonds is 9. The second-order valence-corrected chi connectivity index (χ2v) is 6.57. The van der Waals surface area contributed by atoms with E-state index in [1.54, 1.807) is 32.6 Å². The van der Waals surface area contributed by atoms with Gasteiger partial charge in [0.25, 0.3) is 5.91 Å². The number of ether oxygens (including phenoxy) is 2. The van der Waals surface area contributed by atoms with E-state index in [-0.39, 0.29) is 5.91 Å². The van der Waals surface area contributed by atoms with Crippen LogP contribution in [0.2, 0.25) is 0 Å². The summed E-state index contributed by atoms with van der Waals surface area (Å²) in [6.45, 7) is 4.92. The number of nitrogens with zero attached hydrogens (tertiary/aromatic N) is 2. The lowest BCUT2D eigenvalue weighted by molar-refractivity contribution is 0.0950. The molecule has 1 amide bonds. The van der Waals surface area contributed by atoms with E-state index in [4.69, 9.17) is 9.47 Å². The lowest BCUT2D eigenvalue weighted by Gasteiger charge is -2.14. The Morgan fingerprint density at radius 3 is 2.55 bits per heavy atom. The van der Waals surface area contributed by atoms with Crippen LogP contribution in [0.1, 0.15) is 27.0 Å². The van der Waals surface area contributed by atoms with Crippen molar-refractivity contribution in [2.45, 2.75) is 19.5 Å². The fourth-order valence-electron chi connectivity index (χ4n) is 3.11. The van der Waals surface area contributed by atoms with Crippen LogP contribution in [-0.2, 0) is 19.5 Å². The molecular weight excluding hydrogens is 366 g/mol. The van der Waals surface area contributed by atoms with Gasteiger partial charge in [0.2, 0.25) is 0 Å². The van der Waals surface area contributed by atoms with Gasteiger partial charge in [0.05, 0.1) is 20.8 Å². The Morgan fingerprint density at radius 1 is 1.17 bits per heavy atom. The van der Waals surface area contributed by atoms with E-state index in [2.05, 4.69) is 17.0 Å². The summed E-state index contributed by atoms with van der Waals surface area (Å²) in [5.74, 6) is 0.980. The first-order valence-corrected chi connectivity index (χ1v) is 9.33. The highest BCUT2D eigenvalue weighted by Crippen LogP contribution is 2.33. The highest BCUT2D eigenvalue weighted by Gasteiger charge is 2.15. The van der Waals surface area contributed by atoms with Crippen molar-refractivity contribution in [1.82, 2.24) is 15.1 Å². The van der Waals surface area contributed by atoms with Crippen LogP contribution in [0, 0.1) is 0 Å². The molecule has 0 fully saturated rings. The van der Waals surface area contributed by atoms with Gasteiger partial charge in [-0.05, 0) is 35.7 Å². The predicted octanol–water partition coefficient (Wildman–Crippen LogP) is 3.61. The number of carbonyl (C=O) groups excluding carboxylic acids is 1. The van der Waals surface area contributed by atoms with E-state index >= 15 is 0 Å². The molecule has 1 aromatic heterocycles. The van der Waals surface area contributed by atoms with Gasteiger partial charge in [-0.3, -0.25) is 9.48 Å². The van der Waals surface area contributed by atoms with Crippen LogP contribution in [-0.4, -0.2) is 29.9 Å². The molecule has 0 unspecified atom stereocenters. The van der Waals surface area contributed by atoms with Crippen molar-refractivity contribution in [1.29, 1.82) is 0 Å². The molecule has 0 spiro atoms. The second-order valence-electron chi connectivity index (χ2n) is 6.57. The Bertz CT molecular complexity index is 964. The summed E-state index contributed by atoms with van der Waals surface area (Å²) in [4.78, 5) is 12.7. The van der Waals surface area contributed by atoms with E-state index in [0.29, 0.717) is 30.0 Å². The summed E-state index contributed by atoms with van der Waals surface area (Å²) in [5.41, 5.74) is 3.55. The molecule has 0 aliphatic heterocycles. The zero-order chi connectivity index (χ0) is 20.6. The van der Waals surface area contributed by atoms with Crippen LogP contribution in [0.3, 0.4) is 0 Å². The minimum Gasteiger partial charge on any atom is -0.493 e. The van der Waals surface area contributed by atoms with Crippen LogP contribution >= 0.6 is 0 Å². The Morgan fingerprint density at radius 2 is 1.93 bits per heavy atom. The molecule has 6 heteroatoms. The molecule has 3 rings (SSSR count). The summed E-state index contributed by atoms with van der Waals surface area (Å²) in [6, 6.07) is 13.5. The van der Waals surface area contributed by atoms with Crippen molar-refractivity contribution in [3.8, 4) is 11.5 Å². The van der Waals surface area contributed by atoms with Crippen molar-refractivity contribution >= 4 is 5.91 Å². The molecule has 0 atom stereocenters. The second kappa shape index (κ2) is 9.59. The van der Waals surface area contributed by atoms with Gasteiger partial charge in [0.15, 0.2) is 11.5 Å². The number of carbonyl (C=O) groups is 1. The minimum atomic E-state index is -0.170. The summed E-state index contributed by atoms with van der Waals surface area (Å²) in [6.07, 6.45) is 6.04. The van der Waals surface area contributed by atoms with Crippen molar-refractivity contribution in [3.05, 3.63) is 89.8 Å². The molecular formula is C23H25N3O3. The van der Waals surface area contributed by atoms with E-state index in [0.717, 1.165) is 23.2 Å². The van der Waals surface area contributed by atoms with Gasteiger partial charge in [0.1, 0.15) is 0 Å². The maximum Gasteiger partial charge on any atom is 0.251 e. The molecule has 0 radical (unpaired) electrons. The van der Waals surface area contributed by atoms with Gasteiger partial charge < -0.3 is 14.8 Å². The molecule has 1 N–H and O–H groups in total. The first-order valence-electron chi connectivity index (χ1n) is 9.33. The number of methoxy groups -OCH3 is 2. The molecule has 0 bridgehead atoms. The summed E-state index contributed by atoms with van der Waals surface area (Å²) >= 11 is 0. The van der Waals surface area contributed by atoms with Crippen molar-refractivity contribution in [3.63, 3.8) is 0 Å². The van der Waals surface area contributed by atoms with Crippen LogP contribution in [0.15, 0.2) is 67.5 Å². The minimum absolute atomic E-state index is 0.170. The quantitative estimate of drug-likeness (QED) is 0.566. The monoisotopic (exact) mass is 391 g/mol. The number of allylic oxidation sites excluding steroid dienone is 1. The third-order valence-corrected chi connectivity index (χ3v) is 4.56. The lowest BCUT2D eigenvalue weighted by atomic mass is 10.0. The molecule has 0 saturated heterocycles. The fraction of sp³-hybridized carbons (Fsp3) is 0.217. The summed E-state index contributed by atoms with van der Waals surface area (Å²) < 4.78 is 12.7. The molecule has 6 nitrogen and oxygen atoms in total. The molecule has 0 aliphatic rings. The van der Waals surface area contributed by atoms with Crippen LogP contribution in [0.25, 0.3) is 0 Å². The molecule has 3 aromatic rings. The van der Waals surface area contributed by atoms with Crippen molar-refractivity contribution < 1.29 is 14.3 Å². The van der Waals surface area contributed by atoms with Gasteiger partial charge >= 0.3 is 0 Å². The fourth-order valence-corrected chi connectivity index (χ4v) is 3.11. The molecule has 29 heavy (non-hydrogen) atoms. The Kier molecular flexibility index (Phi) is 6.68. The highest BCUT2D eigenvalue weighted by atomic mass is 16.5. The Hall–Kier alpha value is -3.54. The standard InChI is InChI=1S/C23H25N3O3/c1-4-6-19-13-20(14-21(28-2)22(19)29-3)23(27)24-15-17-7-9-18(10-8-17)16-26-12-5-11-25-26/h4-5,7-14H,1,6,15-16H2,2-3H3,(H,24,27). The molecule has 0 saturated carbocycles. The third-order valence-electron chi connectivity index (χ3n) is 4.56. The zero-order valence-corrected chi connectivity index (χ0v) is 16.7. The maximum atomic E-state index is 12.7. The van der Waals surface area contributed by atoms with Crippen LogP contribution in [0.4, 0.5) is 0 Å². The van der Waals surface area contributed by atoms with Crippen LogP contribution in [0.5, 0.6) is 11.5 Å². The van der Waals surface area contributed by atoms with Gasteiger partial charge in [0, 0.05) is 30.1 Å². The number of hydrogen-bond acceptors (Lipinski definition) is 4. The van der Waals surface area contributed by atoms with Gasteiger partial charge in [-0.1, -0.05) is 30.3 Å². The smallest absolute Gasteiger partial charge is 0.251 e. The average Bonchev–Trinajstić information content (AvgIpc) is 3.25. The third kappa shape index (κ3) is 5.04. The SMILES string of the molecule is C=CCc1cc(C(=O)NCc2ccc(Cn3cccn3)cc2)cc(OC)c1OC. The average molecular weight is 391 g/mol. The van der Waals surface area contributed by atoms with E-state index in [1.165, 1.54) is 0 Å². The molecule has 1 heterocycles. The van der Waals surface area contributed by atoms with Gasteiger partial charge in [-0.25, -0.2) is 0 Å². The van der Waals surface area contributed by atoms with Crippen LogP contribution < -0.4 is 14.8 Å². The molecule has 2 aromatic carbocycles. The predicted molar refractivity (Wildman–Crippen MR) is 112 cm³/mol. The first-order chi connectivity index (χ1) is 14.1. The van der Waals surface area contributed by atoms with Crippen molar-refractivity contribution in [2.75, 3.05) is 14.2 Å². The molecule has 0 aliphatic carbocycles. The largest absolute Gasteiger partial charge is 0.493 e. The Labute approximate surface area is 170 Å². The highest BCUT2D eigenvalue weighted by molar-refractivity contribution is 5.95. The number of benzene rings is 2. The topological polar surface area (TPSA) is 65.4 Å². The summed E-state index contributed by atoms with van der Waals surface area (Å²) in [7, 11) is 3.14. The number of nitrogens with one attached hydrogen (secondary N) is 1. The first kappa shape index (κ1) is 20.2. The lowest BCUT2D eigenvalue weighted by Crippen LogP contribution is -2.23. The number of amides is 1. The number of aromatic nitrogens is 2. The Balaban J connectivity index is 1.67. The van der Waals surface area contributed by atoms with Gasteiger partial charge in [-0.2, -0.15) is 5.10 Å². The normalized spacial score (nSPS) is 10.4. The number of hydrogen-bond donors (Lipinski definition) is 1. The van der Waals surface area contributed by atoms with E-state index in [9.17, 15) is 4.79 Å². The van der Waals surface area contributed by atoms with Gasteiger partial charge in [-0.15, -0.1) is 6.58 Å². The van der Waals surface area contributed by atoms with E-state index in [1.807, 2.05) is 47.3 Å². The maximum absolute atomic E-state index is 12.7.